The van der Waals surface area contributed by atoms with Crippen molar-refractivity contribution < 1.29 is 19.4 Å². The first kappa shape index (κ1) is 22.8. The van der Waals surface area contributed by atoms with E-state index in [1.165, 1.54) is 71.8 Å². The molecule has 0 saturated heterocycles. The van der Waals surface area contributed by atoms with Crippen LogP contribution < -0.4 is 0 Å². The lowest BCUT2D eigenvalue weighted by atomic mass is 10.0. The minimum atomic E-state index is -1.37. The number of ether oxygens (including phenoxy) is 1. The monoisotopic (exact) mass is 340 g/mol. The van der Waals surface area contributed by atoms with Crippen LogP contribution in [-0.4, -0.2) is 30.1 Å². The predicted molar refractivity (Wildman–Crippen MR) is 97.9 cm³/mol. The van der Waals surface area contributed by atoms with Crippen LogP contribution in [0.4, 0.5) is 0 Å². The van der Waals surface area contributed by atoms with Crippen LogP contribution in [0.5, 0.6) is 0 Å². The molecule has 1 unspecified atom stereocenters. The lowest BCUT2D eigenvalue weighted by Crippen LogP contribution is -2.25. The zero-order chi connectivity index (χ0) is 18.2. The summed E-state index contributed by atoms with van der Waals surface area (Å²) in [5, 5.41) is 9.75. The SMILES string of the molecule is CCCCCCCCCCCCC/C=C(/C(=O)OC)C(O)C(C)=O. The van der Waals surface area contributed by atoms with Gasteiger partial charge in [0.05, 0.1) is 12.7 Å². The van der Waals surface area contributed by atoms with Crippen molar-refractivity contribution in [1.82, 2.24) is 0 Å². The number of hydrogen-bond acceptors (Lipinski definition) is 4. The topological polar surface area (TPSA) is 63.6 Å². The standard InChI is InChI=1S/C20H36O4/c1-4-5-6-7-8-9-10-11-12-13-14-15-16-18(20(23)24-3)19(22)17(2)21/h16,19,22H,4-15H2,1-3H3/b18-16+. The largest absolute Gasteiger partial charge is 0.466 e. The van der Waals surface area contributed by atoms with Crippen molar-refractivity contribution in [1.29, 1.82) is 0 Å². The minimum absolute atomic E-state index is 0.0667. The third kappa shape index (κ3) is 11.4. The summed E-state index contributed by atoms with van der Waals surface area (Å²) < 4.78 is 4.62. The van der Waals surface area contributed by atoms with Crippen molar-refractivity contribution in [3.63, 3.8) is 0 Å². The molecule has 0 radical (unpaired) electrons. The van der Waals surface area contributed by atoms with Crippen molar-refractivity contribution in [2.45, 2.75) is 97.0 Å². The van der Waals surface area contributed by atoms with Gasteiger partial charge < -0.3 is 9.84 Å². The summed E-state index contributed by atoms with van der Waals surface area (Å²) >= 11 is 0. The number of Topliss-reactive ketones (excluding diaryl/α,β-unsaturated/α-hetero) is 1. The molecule has 1 N–H and O–H groups in total. The second-order valence-electron chi connectivity index (χ2n) is 6.49. The molecule has 0 aliphatic heterocycles. The van der Waals surface area contributed by atoms with Gasteiger partial charge in [0.1, 0.15) is 6.10 Å². The summed E-state index contributed by atoms with van der Waals surface area (Å²) in [5.41, 5.74) is 0.0667. The van der Waals surface area contributed by atoms with Gasteiger partial charge in [-0.2, -0.15) is 0 Å². The number of aliphatic hydroxyl groups excluding tert-OH is 1. The van der Waals surface area contributed by atoms with E-state index >= 15 is 0 Å². The van der Waals surface area contributed by atoms with Gasteiger partial charge in [-0.3, -0.25) is 4.79 Å². The zero-order valence-electron chi connectivity index (χ0n) is 15.8. The molecule has 0 spiro atoms. The van der Waals surface area contributed by atoms with Crippen LogP contribution in [0, 0.1) is 0 Å². The van der Waals surface area contributed by atoms with Crippen LogP contribution >= 0.6 is 0 Å². The number of carbonyl (C=O) groups excluding carboxylic acids is 2. The molecule has 0 aromatic rings. The summed E-state index contributed by atoms with van der Waals surface area (Å²) in [4.78, 5) is 22.8. The van der Waals surface area contributed by atoms with Crippen LogP contribution in [0.1, 0.15) is 90.9 Å². The Morgan fingerprint density at radius 1 is 0.917 bits per heavy atom. The Morgan fingerprint density at radius 3 is 1.79 bits per heavy atom. The molecule has 0 aliphatic carbocycles. The molecule has 0 saturated carbocycles. The van der Waals surface area contributed by atoms with Gasteiger partial charge in [0.2, 0.25) is 0 Å². The number of ketones is 1. The van der Waals surface area contributed by atoms with Crippen LogP contribution in [0.2, 0.25) is 0 Å². The second kappa shape index (κ2) is 15.4. The number of unbranched alkanes of at least 4 members (excludes halogenated alkanes) is 11. The normalized spacial score (nSPS) is 12.9. The molecule has 0 aromatic carbocycles. The number of aliphatic hydroxyl groups is 1. The summed E-state index contributed by atoms with van der Waals surface area (Å²) in [5.74, 6) is -1.06. The van der Waals surface area contributed by atoms with Gasteiger partial charge >= 0.3 is 5.97 Å². The van der Waals surface area contributed by atoms with Crippen molar-refractivity contribution in [2.24, 2.45) is 0 Å². The number of carbonyl (C=O) groups is 2. The van der Waals surface area contributed by atoms with Gasteiger partial charge in [-0.15, -0.1) is 0 Å². The van der Waals surface area contributed by atoms with E-state index in [1.54, 1.807) is 6.08 Å². The van der Waals surface area contributed by atoms with Crippen LogP contribution in [0.3, 0.4) is 0 Å². The van der Waals surface area contributed by atoms with Gasteiger partial charge in [-0.05, 0) is 19.8 Å². The lowest BCUT2D eigenvalue weighted by molar-refractivity contribution is -0.139. The Labute approximate surface area is 147 Å². The maximum absolute atomic E-state index is 11.6. The first-order valence-corrected chi connectivity index (χ1v) is 9.51. The quantitative estimate of drug-likeness (QED) is 0.266. The van der Waals surface area contributed by atoms with E-state index in [0.29, 0.717) is 6.42 Å². The molecular formula is C20H36O4. The van der Waals surface area contributed by atoms with E-state index in [1.807, 2.05) is 0 Å². The third-order valence-electron chi connectivity index (χ3n) is 4.27. The Morgan fingerprint density at radius 2 is 1.38 bits per heavy atom. The number of esters is 1. The average Bonchev–Trinajstić information content (AvgIpc) is 2.57. The van der Waals surface area contributed by atoms with Gasteiger partial charge in [0, 0.05) is 0 Å². The van der Waals surface area contributed by atoms with Crippen molar-refractivity contribution >= 4 is 11.8 Å². The molecule has 0 fully saturated rings. The molecule has 0 aliphatic rings. The molecule has 0 aromatic heterocycles. The molecule has 0 rings (SSSR count). The fraction of sp³-hybridized carbons (Fsp3) is 0.800. The van der Waals surface area contributed by atoms with Gasteiger partial charge in [0.15, 0.2) is 5.78 Å². The van der Waals surface area contributed by atoms with Crippen molar-refractivity contribution in [3.8, 4) is 0 Å². The maximum Gasteiger partial charge on any atom is 0.336 e. The smallest absolute Gasteiger partial charge is 0.336 e. The van der Waals surface area contributed by atoms with E-state index in [9.17, 15) is 14.7 Å². The first-order chi connectivity index (χ1) is 11.5. The average molecular weight is 341 g/mol. The van der Waals surface area contributed by atoms with E-state index in [-0.39, 0.29) is 5.57 Å². The summed E-state index contributed by atoms with van der Waals surface area (Å²) in [6, 6.07) is 0. The zero-order valence-corrected chi connectivity index (χ0v) is 15.8. The highest BCUT2D eigenvalue weighted by molar-refractivity contribution is 5.98. The molecule has 1 atom stereocenters. The predicted octanol–water partition coefficient (Wildman–Crippen LogP) is 4.74. The number of rotatable bonds is 15. The van der Waals surface area contributed by atoms with Gasteiger partial charge in [0.25, 0.3) is 0 Å². The van der Waals surface area contributed by atoms with Crippen LogP contribution in [0.25, 0.3) is 0 Å². The highest BCUT2D eigenvalue weighted by Gasteiger charge is 2.22. The molecule has 0 bridgehead atoms. The van der Waals surface area contributed by atoms with Crippen molar-refractivity contribution in [3.05, 3.63) is 11.6 Å². The minimum Gasteiger partial charge on any atom is -0.466 e. The summed E-state index contributed by atoms with van der Waals surface area (Å²) in [6.07, 6.45) is 14.9. The Balaban J connectivity index is 3.77. The Hall–Kier alpha value is -1.16. The molecule has 0 amide bonds. The molecule has 0 heterocycles. The Kier molecular flexibility index (Phi) is 14.6. The van der Waals surface area contributed by atoms with E-state index in [2.05, 4.69) is 11.7 Å². The highest BCUT2D eigenvalue weighted by Crippen LogP contribution is 2.14. The molecular weight excluding hydrogens is 304 g/mol. The second-order valence-corrected chi connectivity index (χ2v) is 6.49. The van der Waals surface area contributed by atoms with E-state index in [4.69, 9.17) is 0 Å². The number of allylic oxidation sites excluding steroid dienone is 1. The number of hydrogen-bond donors (Lipinski definition) is 1. The van der Waals surface area contributed by atoms with Crippen LogP contribution in [-0.2, 0) is 14.3 Å². The third-order valence-corrected chi connectivity index (χ3v) is 4.27. The van der Waals surface area contributed by atoms with E-state index in [0.717, 1.165) is 12.8 Å². The van der Waals surface area contributed by atoms with E-state index < -0.39 is 17.9 Å². The number of methoxy groups -OCH3 is 1. The first-order valence-electron chi connectivity index (χ1n) is 9.51. The molecule has 4 nitrogen and oxygen atoms in total. The molecule has 24 heavy (non-hydrogen) atoms. The lowest BCUT2D eigenvalue weighted by Gasteiger charge is -2.10. The van der Waals surface area contributed by atoms with Gasteiger partial charge in [-0.1, -0.05) is 77.2 Å². The molecule has 140 valence electrons. The highest BCUT2D eigenvalue weighted by atomic mass is 16.5. The molecule has 4 heteroatoms. The van der Waals surface area contributed by atoms with Crippen LogP contribution in [0.15, 0.2) is 11.6 Å². The fourth-order valence-corrected chi connectivity index (χ4v) is 2.71. The summed E-state index contributed by atoms with van der Waals surface area (Å²) in [7, 11) is 1.26. The maximum atomic E-state index is 11.6. The summed E-state index contributed by atoms with van der Waals surface area (Å²) in [6.45, 7) is 3.51. The van der Waals surface area contributed by atoms with Gasteiger partial charge in [-0.25, -0.2) is 4.79 Å². The fourth-order valence-electron chi connectivity index (χ4n) is 2.71. The van der Waals surface area contributed by atoms with Crippen molar-refractivity contribution in [2.75, 3.05) is 7.11 Å². The Bertz CT molecular complexity index is 374.